The minimum absolute atomic E-state index is 0.108. The molecule has 1 aromatic heterocycles. The zero-order valence-corrected chi connectivity index (χ0v) is 18.6. The van der Waals surface area contributed by atoms with Gasteiger partial charge in [0.25, 0.3) is 0 Å². The molecule has 1 aliphatic heterocycles. The second-order valence-corrected chi connectivity index (χ2v) is 10.2. The molecule has 1 atom stereocenters. The monoisotopic (exact) mass is 439 g/mol. The summed E-state index contributed by atoms with van der Waals surface area (Å²) in [5, 5.41) is 4.43. The van der Waals surface area contributed by atoms with Crippen molar-refractivity contribution in [2.24, 2.45) is 0 Å². The third-order valence-corrected chi connectivity index (χ3v) is 6.03. The van der Waals surface area contributed by atoms with Gasteiger partial charge in [0.1, 0.15) is 0 Å². The Labute approximate surface area is 183 Å². The van der Waals surface area contributed by atoms with Crippen LogP contribution in [0.1, 0.15) is 5.69 Å². The Morgan fingerprint density at radius 2 is 1.81 bits per heavy atom. The van der Waals surface area contributed by atoms with Gasteiger partial charge in [-0.25, -0.2) is 4.21 Å². The molecule has 0 radical (unpaired) electrons. The van der Waals surface area contributed by atoms with Crippen LogP contribution in [0.25, 0.3) is 10.9 Å². The largest absolute Gasteiger partial charge is 0.366 e. The number of rotatable bonds is 7. The van der Waals surface area contributed by atoms with Gasteiger partial charge in [0.15, 0.2) is 0 Å². The summed E-state index contributed by atoms with van der Waals surface area (Å²) in [5.74, 6) is 3.79. The summed E-state index contributed by atoms with van der Waals surface area (Å²) >= 11 is 0. The van der Waals surface area contributed by atoms with E-state index < -0.39 is 9.71 Å². The summed E-state index contributed by atoms with van der Waals surface area (Å²) < 4.78 is 15.1. The molecule has 0 bridgehead atoms. The number of fused-ring (bicyclic) bond motifs is 1. The number of amides is 1. The zero-order valence-electron chi connectivity index (χ0n) is 17.8. The average Bonchev–Trinajstić information content (AvgIpc) is 3.16. The van der Waals surface area contributed by atoms with Crippen LogP contribution in [0.2, 0.25) is 0 Å². The molecule has 8 heteroatoms. The molecule has 3 N–H and O–H groups in total. The van der Waals surface area contributed by atoms with Gasteiger partial charge >= 0.3 is 0 Å². The fourth-order valence-corrected chi connectivity index (χ4v) is 4.55. The molecule has 7 nitrogen and oxygen atoms in total. The number of hydrogen-bond acceptors (Lipinski definition) is 4. The van der Waals surface area contributed by atoms with E-state index in [-0.39, 0.29) is 5.91 Å². The molecule has 1 saturated heterocycles. The van der Waals surface area contributed by atoms with Gasteiger partial charge in [-0.3, -0.25) is 4.79 Å². The van der Waals surface area contributed by atoms with E-state index in [0.29, 0.717) is 26.2 Å². The van der Waals surface area contributed by atoms with Crippen LogP contribution in [0, 0.1) is 0 Å². The van der Waals surface area contributed by atoms with Crippen LogP contribution in [-0.2, 0) is 21.0 Å². The van der Waals surface area contributed by atoms with Crippen molar-refractivity contribution in [1.82, 2.24) is 15.2 Å². The van der Waals surface area contributed by atoms with Crippen molar-refractivity contribution in [3.63, 3.8) is 0 Å². The molecule has 2 aromatic carbocycles. The van der Waals surface area contributed by atoms with Crippen LogP contribution >= 0.6 is 0 Å². The number of piperazine rings is 1. The van der Waals surface area contributed by atoms with Gasteiger partial charge in [-0.15, -0.1) is 0 Å². The number of carbonyl (C=O) groups is 1. The van der Waals surface area contributed by atoms with E-state index in [1.165, 1.54) is 5.39 Å². The smallest absolute Gasteiger partial charge is 0.236 e. The number of carbonyl (C=O) groups excluding carboxylic acids is 1. The topological polar surface area (TPSA) is 80.5 Å². The van der Waals surface area contributed by atoms with Crippen molar-refractivity contribution in [2.75, 3.05) is 48.6 Å². The van der Waals surface area contributed by atoms with E-state index in [4.69, 9.17) is 0 Å². The highest BCUT2D eigenvalue weighted by Crippen LogP contribution is 2.27. The molecule has 31 heavy (non-hydrogen) atoms. The molecule has 164 valence electrons. The van der Waals surface area contributed by atoms with Crippen molar-refractivity contribution in [3.8, 4) is 0 Å². The van der Waals surface area contributed by atoms with Crippen molar-refractivity contribution < 1.29 is 9.00 Å². The summed E-state index contributed by atoms with van der Waals surface area (Å²) in [6.07, 6.45) is 1.59. The van der Waals surface area contributed by atoms with Gasteiger partial charge in [-0.1, -0.05) is 30.3 Å². The quantitative estimate of drug-likeness (QED) is 0.494. The number of nitrogens with one attached hydrogen (secondary N) is 3. The number of nitrogens with zero attached hydrogens (tertiary/aromatic N) is 2. The standard InChI is InChI=1S/C23H29N5O2S/c1-31(2,30)26-21-9-5-6-10-22(21)27-11-13-28(14-12-27)23(29)17-24-16-19-15-18-7-3-4-8-20(18)25-19/h3-10,15,24-25H,1,11-14,16-17H2,2H3,(H,26,30). The predicted molar refractivity (Wildman–Crippen MR) is 130 cm³/mol. The predicted octanol–water partition coefficient (Wildman–Crippen LogP) is 2.28. The highest BCUT2D eigenvalue weighted by molar-refractivity contribution is 8.00. The highest BCUT2D eigenvalue weighted by atomic mass is 32.2. The summed E-state index contributed by atoms with van der Waals surface area (Å²) in [6, 6.07) is 18.1. The van der Waals surface area contributed by atoms with Crippen LogP contribution in [0.3, 0.4) is 0 Å². The molecule has 0 aliphatic carbocycles. The summed E-state index contributed by atoms with van der Waals surface area (Å²) in [5.41, 5.74) is 3.98. The van der Waals surface area contributed by atoms with Crippen LogP contribution in [0.4, 0.5) is 11.4 Å². The average molecular weight is 440 g/mol. The SMILES string of the molecule is C=S(C)(=O)Nc1ccccc1N1CCN(C(=O)CNCc2cc3ccccc3[nH]2)CC1. The normalized spacial score (nSPS) is 16.3. The van der Waals surface area contributed by atoms with Crippen LogP contribution < -0.4 is 14.9 Å². The number of H-pyrrole nitrogens is 1. The first-order chi connectivity index (χ1) is 14.9. The minimum Gasteiger partial charge on any atom is -0.366 e. The van der Waals surface area contributed by atoms with Crippen molar-refractivity contribution in [3.05, 3.63) is 60.3 Å². The lowest BCUT2D eigenvalue weighted by Gasteiger charge is -2.37. The number of aromatic nitrogens is 1. The van der Waals surface area contributed by atoms with E-state index in [1.807, 2.05) is 47.4 Å². The first kappa shape index (κ1) is 21.3. The molecule has 4 rings (SSSR count). The third kappa shape index (κ3) is 5.39. The molecular formula is C23H29N5O2S. The second kappa shape index (κ2) is 9.03. The molecule has 1 aliphatic rings. The van der Waals surface area contributed by atoms with Gasteiger partial charge < -0.3 is 24.8 Å². The number of aromatic amines is 1. The zero-order chi connectivity index (χ0) is 21.8. The van der Waals surface area contributed by atoms with Crippen molar-refractivity contribution in [2.45, 2.75) is 6.54 Å². The van der Waals surface area contributed by atoms with Gasteiger partial charge in [0, 0.05) is 59.9 Å². The lowest BCUT2D eigenvalue weighted by atomic mass is 10.2. The Morgan fingerprint density at radius 3 is 2.55 bits per heavy atom. The molecule has 2 heterocycles. The van der Waals surface area contributed by atoms with E-state index >= 15 is 0 Å². The maximum Gasteiger partial charge on any atom is 0.236 e. The lowest BCUT2D eigenvalue weighted by Crippen LogP contribution is -2.51. The molecule has 1 amide bonds. The van der Waals surface area contributed by atoms with Crippen molar-refractivity contribution >= 4 is 43.8 Å². The van der Waals surface area contributed by atoms with Gasteiger partial charge in [0.2, 0.25) is 5.91 Å². The Bertz CT molecular complexity index is 1130. The second-order valence-electron chi connectivity index (χ2n) is 7.98. The fraction of sp³-hybridized carbons (Fsp3) is 0.304. The molecule has 3 aromatic rings. The molecule has 1 unspecified atom stereocenters. The minimum atomic E-state index is -2.36. The Morgan fingerprint density at radius 1 is 1.10 bits per heavy atom. The molecular weight excluding hydrogens is 410 g/mol. The number of anilines is 2. The van der Waals surface area contributed by atoms with E-state index in [1.54, 1.807) is 6.26 Å². The first-order valence-corrected chi connectivity index (χ1v) is 12.5. The fourth-order valence-electron chi connectivity index (χ4n) is 3.91. The maximum atomic E-state index is 12.6. The van der Waals surface area contributed by atoms with Crippen LogP contribution in [-0.4, -0.2) is 64.8 Å². The molecule has 1 fully saturated rings. The number of hydrogen-bond donors (Lipinski definition) is 3. The summed E-state index contributed by atoms with van der Waals surface area (Å²) in [4.78, 5) is 20.1. The molecule has 0 saturated carbocycles. The van der Waals surface area contributed by atoms with E-state index in [0.717, 1.165) is 35.7 Å². The highest BCUT2D eigenvalue weighted by Gasteiger charge is 2.22. The Balaban J connectivity index is 1.28. The van der Waals surface area contributed by atoms with Gasteiger partial charge in [-0.05, 0) is 35.5 Å². The van der Waals surface area contributed by atoms with Gasteiger partial charge in [0.05, 0.1) is 17.9 Å². The van der Waals surface area contributed by atoms with E-state index in [9.17, 15) is 9.00 Å². The summed E-state index contributed by atoms with van der Waals surface area (Å²) in [7, 11) is -2.36. The lowest BCUT2D eigenvalue weighted by molar-refractivity contribution is -0.130. The Hall–Kier alpha value is -2.97. The van der Waals surface area contributed by atoms with Crippen molar-refractivity contribution in [1.29, 1.82) is 0 Å². The van der Waals surface area contributed by atoms with Gasteiger partial charge in [-0.2, -0.15) is 0 Å². The van der Waals surface area contributed by atoms with E-state index in [2.05, 4.69) is 37.9 Å². The van der Waals surface area contributed by atoms with Crippen LogP contribution in [0.15, 0.2) is 54.6 Å². The Kier molecular flexibility index (Phi) is 6.20. The number of benzene rings is 2. The first-order valence-electron chi connectivity index (χ1n) is 10.4. The van der Waals surface area contributed by atoms with Crippen LogP contribution in [0.5, 0.6) is 0 Å². The number of para-hydroxylation sites is 3. The summed E-state index contributed by atoms with van der Waals surface area (Å²) in [6.45, 7) is 3.72. The molecule has 0 spiro atoms. The maximum absolute atomic E-state index is 12.6. The third-order valence-electron chi connectivity index (χ3n) is 5.38.